The summed E-state index contributed by atoms with van der Waals surface area (Å²) in [5.41, 5.74) is 1.19. The second kappa shape index (κ2) is 7.71. The Bertz CT molecular complexity index is 380. The van der Waals surface area contributed by atoms with Crippen LogP contribution in [0.15, 0.2) is 24.3 Å². The van der Waals surface area contributed by atoms with E-state index in [0.717, 1.165) is 18.7 Å². The Balaban J connectivity index is 2.35. The SMILES string of the molecule is CNC(=O)CCCN[C@H](C)c1cccc(OC)c1. The van der Waals surface area contributed by atoms with Crippen molar-refractivity contribution in [1.82, 2.24) is 10.6 Å². The lowest BCUT2D eigenvalue weighted by Gasteiger charge is -2.14. The van der Waals surface area contributed by atoms with E-state index >= 15 is 0 Å². The topological polar surface area (TPSA) is 50.4 Å². The average molecular weight is 250 g/mol. The molecule has 2 N–H and O–H groups in total. The van der Waals surface area contributed by atoms with Crippen molar-refractivity contribution >= 4 is 5.91 Å². The molecule has 0 radical (unpaired) electrons. The van der Waals surface area contributed by atoms with Crippen LogP contribution in [0.2, 0.25) is 0 Å². The van der Waals surface area contributed by atoms with Gasteiger partial charge in [-0.15, -0.1) is 0 Å². The number of ether oxygens (including phenoxy) is 1. The van der Waals surface area contributed by atoms with Gasteiger partial charge in [0.25, 0.3) is 0 Å². The first-order valence-electron chi connectivity index (χ1n) is 6.25. The van der Waals surface area contributed by atoms with Crippen LogP contribution in [0.4, 0.5) is 0 Å². The second-order valence-electron chi connectivity index (χ2n) is 4.23. The van der Waals surface area contributed by atoms with Crippen LogP contribution in [-0.2, 0) is 4.79 Å². The Labute approximate surface area is 109 Å². The Morgan fingerprint density at radius 3 is 2.89 bits per heavy atom. The molecular weight excluding hydrogens is 228 g/mol. The summed E-state index contributed by atoms with van der Waals surface area (Å²) in [6.45, 7) is 2.93. The molecule has 0 saturated carbocycles. The van der Waals surface area contributed by atoms with Gasteiger partial charge in [0, 0.05) is 19.5 Å². The van der Waals surface area contributed by atoms with E-state index in [1.807, 2.05) is 18.2 Å². The summed E-state index contributed by atoms with van der Waals surface area (Å²) >= 11 is 0. The molecule has 4 nitrogen and oxygen atoms in total. The number of amides is 1. The molecule has 0 aliphatic rings. The Hall–Kier alpha value is -1.55. The van der Waals surface area contributed by atoms with Crippen LogP contribution in [0.25, 0.3) is 0 Å². The van der Waals surface area contributed by atoms with Crippen LogP contribution in [0.1, 0.15) is 31.4 Å². The molecule has 0 aliphatic heterocycles. The first-order valence-corrected chi connectivity index (χ1v) is 6.25. The Kier molecular flexibility index (Phi) is 6.22. The summed E-state index contributed by atoms with van der Waals surface area (Å²) in [5.74, 6) is 0.956. The summed E-state index contributed by atoms with van der Waals surface area (Å²) in [7, 11) is 3.33. The molecule has 1 amide bonds. The number of methoxy groups -OCH3 is 1. The van der Waals surface area contributed by atoms with Gasteiger partial charge in [-0.25, -0.2) is 0 Å². The summed E-state index contributed by atoms with van der Waals surface area (Å²) in [6.07, 6.45) is 1.41. The van der Waals surface area contributed by atoms with Crippen LogP contribution in [0.5, 0.6) is 5.75 Å². The fraction of sp³-hybridized carbons (Fsp3) is 0.500. The van der Waals surface area contributed by atoms with E-state index in [4.69, 9.17) is 4.74 Å². The summed E-state index contributed by atoms with van der Waals surface area (Å²) in [6, 6.07) is 8.26. The molecular formula is C14H22N2O2. The summed E-state index contributed by atoms with van der Waals surface area (Å²) < 4.78 is 5.20. The van der Waals surface area contributed by atoms with E-state index < -0.39 is 0 Å². The Morgan fingerprint density at radius 2 is 2.22 bits per heavy atom. The zero-order valence-electron chi connectivity index (χ0n) is 11.3. The molecule has 4 heteroatoms. The highest BCUT2D eigenvalue weighted by atomic mass is 16.5. The van der Waals surface area contributed by atoms with Gasteiger partial charge in [-0.3, -0.25) is 4.79 Å². The minimum Gasteiger partial charge on any atom is -0.497 e. The lowest BCUT2D eigenvalue weighted by Crippen LogP contribution is -2.23. The number of rotatable bonds is 7. The highest BCUT2D eigenvalue weighted by Gasteiger charge is 2.05. The van der Waals surface area contributed by atoms with Gasteiger partial charge in [0.15, 0.2) is 0 Å². The van der Waals surface area contributed by atoms with Gasteiger partial charge < -0.3 is 15.4 Å². The van der Waals surface area contributed by atoms with Crippen LogP contribution in [-0.4, -0.2) is 26.6 Å². The standard InChI is InChI=1S/C14H22N2O2/c1-11(16-9-5-8-14(17)15-2)12-6-4-7-13(10-12)18-3/h4,6-7,10-11,16H,5,8-9H2,1-3H3,(H,15,17)/t11-/m1/s1. The maximum atomic E-state index is 11.1. The van der Waals surface area contributed by atoms with E-state index in [1.54, 1.807) is 14.2 Å². The lowest BCUT2D eigenvalue weighted by molar-refractivity contribution is -0.120. The molecule has 18 heavy (non-hydrogen) atoms. The zero-order chi connectivity index (χ0) is 13.4. The molecule has 1 rings (SSSR count). The smallest absolute Gasteiger partial charge is 0.219 e. The maximum absolute atomic E-state index is 11.1. The van der Waals surface area contributed by atoms with Crippen LogP contribution < -0.4 is 15.4 Å². The van der Waals surface area contributed by atoms with Crippen molar-refractivity contribution in [1.29, 1.82) is 0 Å². The fourth-order valence-corrected chi connectivity index (χ4v) is 1.72. The van der Waals surface area contributed by atoms with Gasteiger partial charge in [0.1, 0.15) is 5.75 Å². The number of hydrogen-bond acceptors (Lipinski definition) is 3. The number of hydrogen-bond donors (Lipinski definition) is 2. The van der Waals surface area contributed by atoms with Crippen LogP contribution in [0, 0.1) is 0 Å². The summed E-state index contributed by atoms with van der Waals surface area (Å²) in [5, 5.41) is 6.01. The zero-order valence-corrected chi connectivity index (χ0v) is 11.3. The normalized spacial score (nSPS) is 11.9. The van der Waals surface area contributed by atoms with Crippen LogP contribution >= 0.6 is 0 Å². The van der Waals surface area contributed by atoms with E-state index in [9.17, 15) is 4.79 Å². The predicted octanol–water partition coefficient (Wildman–Crippen LogP) is 1.87. The Morgan fingerprint density at radius 1 is 1.44 bits per heavy atom. The van der Waals surface area contributed by atoms with E-state index in [-0.39, 0.29) is 11.9 Å². The van der Waals surface area contributed by atoms with Gasteiger partial charge in [0.05, 0.1) is 7.11 Å². The molecule has 1 atom stereocenters. The molecule has 100 valence electrons. The van der Waals surface area contributed by atoms with Crippen molar-refractivity contribution < 1.29 is 9.53 Å². The van der Waals surface area contributed by atoms with Gasteiger partial charge in [-0.2, -0.15) is 0 Å². The lowest BCUT2D eigenvalue weighted by atomic mass is 10.1. The van der Waals surface area contributed by atoms with Gasteiger partial charge >= 0.3 is 0 Å². The van der Waals surface area contributed by atoms with E-state index in [1.165, 1.54) is 5.56 Å². The molecule has 0 bridgehead atoms. The molecule has 0 heterocycles. The van der Waals surface area contributed by atoms with Gasteiger partial charge in [0.2, 0.25) is 5.91 Å². The molecule has 0 unspecified atom stereocenters. The molecule has 0 aliphatic carbocycles. The van der Waals surface area contributed by atoms with Crippen molar-refractivity contribution in [2.24, 2.45) is 0 Å². The first-order chi connectivity index (χ1) is 8.67. The second-order valence-corrected chi connectivity index (χ2v) is 4.23. The third-order valence-corrected chi connectivity index (χ3v) is 2.90. The van der Waals surface area contributed by atoms with Crippen molar-refractivity contribution in [3.8, 4) is 5.75 Å². The minimum atomic E-state index is 0.0887. The van der Waals surface area contributed by atoms with Crippen molar-refractivity contribution in [3.05, 3.63) is 29.8 Å². The molecule has 1 aromatic rings. The summed E-state index contributed by atoms with van der Waals surface area (Å²) in [4.78, 5) is 11.1. The number of nitrogens with one attached hydrogen (secondary N) is 2. The highest BCUT2D eigenvalue weighted by molar-refractivity contribution is 5.75. The predicted molar refractivity (Wildman–Crippen MR) is 72.7 cm³/mol. The molecule has 0 fully saturated rings. The third-order valence-electron chi connectivity index (χ3n) is 2.90. The average Bonchev–Trinajstić information content (AvgIpc) is 2.43. The number of benzene rings is 1. The monoisotopic (exact) mass is 250 g/mol. The number of carbonyl (C=O) groups excluding carboxylic acids is 1. The van der Waals surface area contributed by atoms with Crippen molar-refractivity contribution in [2.75, 3.05) is 20.7 Å². The largest absolute Gasteiger partial charge is 0.497 e. The van der Waals surface area contributed by atoms with Crippen molar-refractivity contribution in [3.63, 3.8) is 0 Å². The van der Waals surface area contributed by atoms with Gasteiger partial charge in [-0.05, 0) is 37.6 Å². The van der Waals surface area contributed by atoms with E-state index in [2.05, 4.69) is 23.6 Å². The molecule has 0 aromatic heterocycles. The van der Waals surface area contributed by atoms with Crippen molar-refractivity contribution in [2.45, 2.75) is 25.8 Å². The third kappa shape index (κ3) is 4.75. The molecule has 0 saturated heterocycles. The molecule has 1 aromatic carbocycles. The van der Waals surface area contributed by atoms with E-state index in [0.29, 0.717) is 6.42 Å². The minimum absolute atomic E-state index is 0.0887. The first kappa shape index (κ1) is 14.5. The van der Waals surface area contributed by atoms with Crippen LogP contribution in [0.3, 0.4) is 0 Å². The molecule has 0 spiro atoms. The number of carbonyl (C=O) groups is 1. The maximum Gasteiger partial charge on any atom is 0.219 e. The fourth-order valence-electron chi connectivity index (χ4n) is 1.72. The highest BCUT2D eigenvalue weighted by Crippen LogP contribution is 2.18. The van der Waals surface area contributed by atoms with Gasteiger partial charge in [-0.1, -0.05) is 12.1 Å². The quantitative estimate of drug-likeness (QED) is 0.726.